The number of carbonyl (C=O) groups excluding carboxylic acids is 1. The van der Waals surface area contributed by atoms with Crippen LogP contribution in [-0.4, -0.2) is 51.9 Å². The Morgan fingerprint density at radius 2 is 1.66 bits per heavy atom. The number of aromatic nitrogens is 3. The fourth-order valence-electron chi connectivity index (χ4n) is 3.53. The van der Waals surface area contributed by atoms with Crippen molar-refractivity contribution in [2.75, 3.05) is 31.1 Å². The molecule has 0 N–H and O–H groups in total. The van der Waals surface area contributed by atoms with Crippen LogP contribution in [0.3, 0.4) is 0 Å². The Bertz CT molecular complexity index is 1150. The van der Waals surface area contributed by atoms with Crippen LogP contribution in [0.5, 0.6) is 0 Å². The average molecular weight is 438 g/mol. The molecule has 1 aromatic carbocycles. The number of amides is 1. The number of hydrogen-bond acceptors (Lipinski definition) is 6. The first-order valence-electron chi connectivity index (χ1n) is 9.77. The molecular formula is C22H17F3N6O. The van der Waals surface area contributed by atoms with Crippen LogP contribution in [-0.2, 0) is 6.18 Å². The standard InChI is InChI=1S/C22H17F3N6O/c23-22(24,25)19-17(13-16(14-26)18(29-19)15-5-2-1-3-6-15)20(32)30-9-11-31(12-10-30)21-27-7-4-8-28-21/h1-8,13H,9-12H2. The first-order chi connectivity index (χ1) is 15.4. The number of alkyl halides is 3. The van der Waals surface area contributed by atoms with Gasteiger partial charge < -0.3 is 9.80 Å². The molecule has 0 atom stereocenters. The second kappa shape index (κ2) is 8.63. The van der Waals surface area contributed by atoms with Crippen LogP contribution < -0.4 is 4.90 Å². The molecule has 0 spiro atoms. The molecule has 162 valence electrons. The Balaban J connectivity index is 1.65. The van der Waals surface area contributed by atoms with Gasteiger partial charge >= 0.3 is 6.18 Å². The lowest BCUT2D eigenvalue weighted by atomic mass is 10.0. The number of piperazine rings is 1. The molecule has 10 heteroatoms. The van der Waals surface area contributed by atoms with Crippen molar-refractivity contribution in [3.8, 4) is 17.3 Å². The molecule has 1 aliphatic heterocycles. The topological polar surface area (TPSA) is 86.0 Å². The summed E-state index contributed by atoms with van der Waals surface area (Å²) in [5, 5.41) is 9.53. The van der Waals surface area contributed by atoms with Crippen LogP contribution in [0.1, 0.15) is 21.6 Å². The largest absolute Gasteiger partial charge is 0.434 e. The van der Waals surface area contributed by atoms with E-state index in [0.717, 1.165) is 6.07 Å². The quantitative estimate of drug-likeness (QED) is 0.623. The average Bonchev–Trinajstić information content (AvgIpc) is 2.83. The van der Waals surface area contributed by atoms with Gasteiger partial charge in [-0.25, -0.2) is 15.0 Å². The summed E-state index contributed by atoms with van der Waals surface area (Å²) < 4.78 is 41.5. The van der Waals surface area contributed by atoms with Gasteiger partial charge in [0.05, 0.1) is 16.8 Å². The summed E-state index contributed by atoms with van der Waals surface area (Å²) in [6.45, 7) is 1.13. The van der Waals surface area contributed by atoms with E-state index in [1.54, 1.807) is 48.8 Å². The molecule has 7 nitrogen and oxygen atoms in total. The maximum absolute atomic E-state index is 13.8. The first-order valence-corrected chi connectivity index (χ1v) is 9.77. The number of nitrogens with zero attached hydrogens (tertiary/aromatic N) is 6. The zero-order valence-electron chi connectivity index (χ0n) is 16.8. The Kier molecular flexibility index (Phi) is 5.73. The van der Waals surface area contributed by atoms with Gasteiger partial charge in [0.25, 0.3) is 5.91 Å². The number of anilines is 1. The Morgan fingerprint density at radius 1 is 1.00 bits per heavy atom. The predicted molar refractivity (Wildman–Crippen MR) is 110 cm³/mol. The maximum atomic E-state index is 13.8. The summed E-state index contributed by atoms with van der Waals surface area (Å²) in [5.74, 6) is -0.314. The molecule has 0 bridgehead atoms. The van der Waals surface area contributed by atoms with Crippen molar-refractivity contribution in [3.63, 3.8) is 0 Å². The third-order valence-electron chi connectivity index (χ3n) is 5.09. The normalized spacial score (nSPS) is 14.2. The molecule has 0 unspecified atom stereocenters. The smallest absolute Gasteiger partial charge is 0.337 e. The van der Waals surface area contributed by atoms with Gasteiger partial charge in [-0.3, -0.25) is 4.79 Å². The SMILES string of the molecule is N#Cc1cc(C(=O)N2CCN(c3ncccn3)CC2)c(C(F)(F)F)nc1-c1ccccc1. The molecule has 1 fully saturated rings. The summed E-state index contributed by atoms with van der Waals surface area (Å²) in [6, 6.07) is 12.7. The van der Waals surface area contributed by atoms with Crippen molar-refractivity contribution in [2.45, 2.75) is 6.18 Å². The minimum atomic E-state index is -4.86. The maximum Gasteiger partial charge on any atom is 0.434 e. The van der Waals surface area contributed by atoms with Crippen molar-refractivity contribution in [2.24, 2.45) is 0 Å². The van der Waals surface area contributed by atoms with Gasteiger partial charge in [0.2, 0.25) is 5.95 Å². The van der Waals surface area contributed by atoms with Gasteiger partial charge in [-0.05, 0) is 12.1 Å². The molecule has 0 radical (unpaired) electrons. The Hall–Kier alpha value is -4.00. The highest BCUT2D eigenvalue weighted by atomic mass is 19.4. The number of rotatable bonds is 3. The van der Waals surface area contributed by atoms with Crippen LogP contribution in [0.2, 0.25) is 0 Å². The third-order valence-corrected chi connectivity index (χ3v) is 5.09. The number of carbonyl (C=O) groups is 1. The predicted octanol–water partition coefficient (Wildman–Crippen LogP) is 3.39. The van der Waals surface area contributed by atoms with E-state index < -0.39 is 23.3 Å². The van der Waals surface area contributed by atoms with E-state index >= 15 is 0 Å². The molecule has 0 saturated carbocycles. The van der Waals surface area contributed by atoms with E-state index in [0.29, 0.717) is 24.6 Å². The van der Waals surface area contributed by atoms with E-state index in [9.17, 15) is 23.2 Å². The molecule has 32 heavy (non-hydrogen) atoms. The van der Waals surface area contributed by atoms with Crippen LogP contribution in [0, 0.1) is 11.3 Å². The third kappa shape index (κ3) is 4.23. The van der Waals surface area contributed by atoms with Gasteiger partial charge in [-0.2, -0.15) is 18.4 Å². The van der Waals surface area contributed by atoms with Crippen LogP contribution in [0.25, 0.3) is 11.3 Å². The fourth-order valence-corrected chi connectivity index (χ4v) is 3.53. The van der Waals surface area contributed by atoms with Gasteiger partial charge in [0.15, 0.2) is 5.69 Å². The van der Waals surface area contributed by atoms with E-state index in [-0.39, 0.29) is 24.3 Å². The molecule has 3 heterocycles. The summed E-state index contributed by atoms with van der Waals surface area (Å²) in [4.78, 5) is 28.3. The summed E-state index contributed by atoms with van der Waals surface area (Å²) in [6.07, 6.45) is -1.67. The lowest BCUT2D eigenvalue weighted by molar-refractivity contribution is -0.141. The second-order valence-corrected chi connectivity index (χ2v) is 7.08. The van der Waals surface area contributed by atoms with E-state index in [4.69, 9.17) is 0 Å². The van der Waals surface area contributed by atoms with Gasteiger partial charge in [0, 0.05) is 44.1 Å². The highest BCUT2D eigenvalue weighted by Crippen LogP contribution is 2.35. The number of benzene rings is 1. The second-order valence-electron chi connectivity index (χ2n) is 7.08. The molecule has 2 aromatic heterocycles. The minimum absolute atomic E-state index is 0.0936. The van der Waals surface area contributed by atoms with Crippen LogP contribution >= 0.6 is 0 Å². The van der Waals surface area contributed by atoms with Crippen LogP contribution in [0.4, 0.5) is 19.1 Å². The number of nitriles is 1. The van der Waals surface area contributed by atoms with E-state index in [2.05, 4.69) is 15.0 Å². The van der Waals surface area contributed by atoms with E-state index in [1.807, 2.05) is 11.0 Å². The zero-order valence-corrected chi connectivity index (χ0v) is 16.8. The van der Waals surface area contributed by atoms with Crippen molar-refractivity contribution < 1.29 is 18.0 Å². The number of pyridine rings is 1. The van der Waals surface area contributed by atoms with Gasteiger partial charge in [0.1, 0.15) is 6.07 Å². The van der Waals surface area contributed by atoms with Crippen molar-refractivity contribution in [3.05, 3.63) is 71.7 Å². The summed E-state index contributed by atoms with van der Waals surface area (Å²) in [5.41, 5.74) is -1.76. The van der Waals surface area contributed by atoms with E-state index in [1.165, 1.54) is 4.90 Å². The Morgan fingerprint density at radius 3 is 2.25 bits per heavy atom. The zero-order chi connectivity index (χ0) is 22.7. The Labute approximate surface area is 181 Å². The van der Waals surface area contributed by atoms with Crippen molar-refractivity contribution >= 4 is 11.9 Å². The van der Waals surface area contributed by atoms with Gasteiger partial charge in [-0.15, -0.1) is 0 Å². The molecule has 4 rings (SSSR count). The highest BCUT2D eigenvalue weighted by Gasteiger charge is 2.40. The molecule has 1 saturated heterocycles. The first kappa shape index (κ1) is 21.2. The monoisotopic (exact) mass is 438 g/mol. The van der Waals surface area contributed by atoms with Crippen molar-refractivity contribution in [1.29, 1.82) is 5.26 Å². The molecule has 1 amide bonds. The molecular weight excluding hydrogens is 421 g/mol. The lowest BCUT2D eigenvalue weighted by Gasteiger charge is -2.35. The lowest BCUT2D eigenvalue weighted by Crippen LogP contribution is -2.49. The highest BCUT2D eigenvalue weighted by molar-refractivity contribution is 5.96. The number of hydrogen-bond donors (Lipinski definition) is 0. The van der Waals surface area contributed by atoms with Crippen molar-refractivity contribution in [1.82, 2.24) is 19.9 Å². The fraction of sp³-hybridized carbons (Fsp3) is 0.227. The summed E-state index contributed by atoms with van der Waals surface area (Å²) in [7, 11) is 0. The molecule has 0 aliphatic carbocycles. The molecule has 1 aliphatic rings. The van der Waals surface area contributed by atoms with Gasteiger partial charge in [-0.1, -0.05) is 30.3 Å². The minimum Gasteiger partial charge on any atom is -0.337 e. The number of halogens is 3. The summed E-state index contributed by atoms with van der Waals surface area (Å²) >= 11 is 0. The molecule has 3 aromatic rings. The van der Waals surface area contributed by atoms with Crippen LogP contribution in [0.15, 0.2) is 54.9 Å².